The van der Waals surface area contributed by atoms with Crippen molar-refractivity contribution in [2.45, 2.75) is 0 Å². The third-order valence-electron chi connectivity index (χ3n) is 3.24. The van der Waals surface area contributed by atoms with Crippen LogP contribution < -0.4 is 5.32 Å². The maximum atomic E-state index is 12.4. The summed E-state index contributed by atoms with van der Waals surface area (Å²) in [5.41, 5.74) is 0.579. The predicted molar refractivity (Wildman–Crippen MR) is 115 cm³/mol. The molecule has 0 aliphatic carbocycles. The topological polar surface area (TPSA) is 79.6 Å². The molecule has 10 heteroatoms. The SMILES string of the molecule is O=C(CN1C(=O)S/C(=C\c2cc(Br)c(I)o2)C1=O)Nc1ccc(Br)cc1. The van der Waals surface area contributed by atoms with Crippen molar-refractivity contribution in [3.05, 3.63) is 53.7 Å². The number of benzene rings is 1. The molecule has 2 aromatic rings. The average Bonchev–Trinajstić information content (AvgIpc) is 3.03. The number of hydrogen-bond acceptors (Lipinski definition) is 5. The Bertz CT molecular complexity index is 907. The minimum Gasteiger partial charge on any atom is -0.450 e. The van der Waals surface area contributed by atoms with Gasteiger partial charge in [-0.05, 0) is 58.0 Å². The van der Waals surface area contributed by atoms with E-state index in [1.807, 2.05) is 22.6 Å². The normalized spacial score (nSPS) is 15.8. The van der Waals surface area contributed by atoms with Gasteiger partial charge in [-0.15, -0.1) is 0 Å². The Labute approximate surface area is 183 Å². The third-order valence-corrected chi connectivity index (χ3v) is 6.81. The van der Waals surface area contributed by atoms with Gasteiger partial charge in [0.2, 0.25) is 5.91 Å². The first-order valence-corrected chi connectivity index (χ1v) is 10.6. The zero-order valence-corrected chi connectivity index (χ0v) is 18.9. The van der Waals surface area contributed by atoms with Crippen molar-refractivity contribution in [2.75, 3.05) is 11.9 Å². The van der Waals surface area contributed by atoms with Gasteiger partial charge < -0.3 is 9.73 Å². The van der Waals surface area contributed by atoms with Crippen LogP contribution in [-0.4, -0.2) is 28.5 Å². The molecule has 1 aromatic carbocycles. The van der Waals surface area contributed by atoms with E-state index in [1.165, 1.54) is 6.08 Å². The average molecular weight is 612 g/mol. The molecule has 0 saturated carbocycles. The van der Waals surface area contributed by atoms with Crippen molar-refractivity contribution in [2.24, 2.45) is 0 Å². The number of halogens is 3. The molecular formula is C16H9Br2IN2O4S. The summed E-state index contributed by atoms with van der Waals surface area (Å²) in [6, 6.07) is 8.69. The number of amides is 3. The van der Waals surface area contributed by atoms with Crippen LogP contribution in [-0.2, 0) is 9.59 Å². The van der Waals surface area contributed by atoms with Crippen LogP contribution in [0.4, 0.5) is 10.5 Å². The monoisotopic (exact) mass is 610 g/mol. The number of nitrogens with zero attached hydrogens (tertiary/aromatic N) is 1. The summed E-state index contributed by atoms with van der Waals surface area (Å²) in [4.78, 5) is 37.8. The maximum absolute atomic E-state index is 12.4. The minimum atomic E-state index is -0.520. The lowest BCUT2D eigenvalue weighted by Crippen LogP contribution is -2.36. The van der Waals surface area contributed by atoms with Gasteiger partial charge >= 0.3 is 0 Å². The minimum absolute atomic E-state index is 0.212. The van der Waals surface area contributed by atoms with E-state index < -0.39 is 17.1 Å². The number of furan rings is 1. The van der Waals surface area contributed by atoms with Crippen molar-refractivity contribution < 1.29 is 18.8 Å². The fourth-order valence-electron chi connectivity index (χ4n) is 2.08. The second-order valence-electron chi connectivity index (χ2n) is 5.09. The van der Waals surface area contributed by atoms with E-state index in [2.05, 4.69) is 37.2 Å². The molecule has 0 atom stereocenters. The first-order valence-electron chi connectivity index (χ1n) is 7.09. The summed E-state index contributed by atoms with van der Waals surface area (Å²) in [6.45, 7) is -0.350. The highest BCUT2D eigenvalue weighted by Gasteiger charge is 2.36. The molecule has 26 heavy (non-hydrogen) atoms. The van der Waals surface area contributed by atoms with E-state index in [0.29, 0.717) is 15.2 Å². The predicted octanol–water partition coefficient (Wildman–Crippen LogP) is 5.08. The summed E-state index contributed by atoms with van der Waals surface area (Å²) >= 11 is 9.41. The van der Waals surface area contributed by atoms with E-state index in [4.69, 9.17) is 4.42 Å². The van der Waals surface area contributed by atoms with Gasteiger partial charge in [-0.3, -0.25) is 19.3 Å². The largest absolute Gasteiger partial charge is 0.450 e. The molecule has 1 aliphatic heterocycles. The van der Waals surface area contributed by atoms with E-state index >= 15 is 0 Å². The third kappa shape index (κ3) is 4.59. The van der Waals surface area contributed by atoms with Crippen LogP contribution in [0, 0.1) is 3.77 Å². The maximum Gasteiger partial charge on any atom is 0.294 e. The molecule has 6 nitrogen and oxygen atoms in total. The number of anilines is 1. The number of carbonyl (C=O) groups excluding carboxylic acids is 3. The highest BCUT2D eigenvalue weighted by Crippen LogP contribution is 2.33. The quantitative estimate of drug-likeness (QED) is 0.385. The Morgan fingerprint density at radius 2 is 1.96 bits per heavy atom. The van der Waals surface area contributed by atoms with E-state index in [-0.39, 0.29) is 11.4 Å². The van der Waals surface area contributed by atoms with Crippen molar-refractivity contribution in [3.63, 3.8) is 0 Å². The lowest BCUT2D eigenvalue weighted by Gasteiger charge is -2.12. The highest BCUT2D eigenvalue weighted by molar-refractivity contribution is 14.1. The molecule has 0 bridgehead atoms. The second kappa shape index (κ2) is 8.28. The first kappa shape index (κ1) is 19.6. The van der Waals surface area contributed by atoms with Crippen molar-refractivity contribution in [1.29, 1.82) is 0 Å². The molecule has 134 valence electrons. The summed E-state index contributed by atoms with van der Waals surface area (Å²) in [5.74, 6) is -0.522. The standard InChI is InChI=1S/C16H9Br2IN2O4S/c17-8-1-3-9(4-2-8)20-13(22)7-21-15(23)12(26-16(21)24)6-10-5-11(18)14(19)25-10/h1-6H,7H2,(H,20,22)/b12-6-. The summed E-state index contributed by atoms with van der Waals surface area (Å²) < 4.78 is 7.73. The van der Waals surface area contributed by atoms with Gasteiger partial charge in [0.25, 0.3) is 11.1 Å². The molecule has 2 heterocycles. The van der Waals surface area contributed by atoms with Crippen molar-refractivity contribution in [1.82, 2.24) is 4.90 Å². The molecule has 1 fully saturated rings. The highest BCUT2D eigenvalue weighted by atomic mass is 127. The van der Waals surface area contributed by atoms with Crippen LogP contribution in [0.15, 0.2) is 48.6 Å². The van der Waals surface area contributed by atoms with E-state index in [1.54, 1.807) is 30.3 Å². The molecule has 0 spiro atoms. The molecule has 0 radical (unpaired) electrons. The molecule has 1 aliphatic rings. The molecule has 1 N–H and O–H groups in total. The number of imide groups is 1. The molecule has 1 aromatic heterocycles. The number of thioether (sulfide) groups is 1. The smallest absolute Gasteiger partial charge is 0.294 e. The van der Waals surface area contributed by atoms with Crippen LogP contribution in [0.5, 0.6) is 0 Å². The van der Waals surface area contributed by atoms with Crippen molar-refractivity contribution in [3.8, 4) is 0 Å². The molecule has 3 rings (SSSR count). The van der Waals surface area contributed by atoms with Crippen LogP contribution in [0.1, 0.15) is 5.76 Å². The Balaban J connectivity index is 1.68. The Kier molecular flexibility index (Phi) is 6.25. The summed E-state index contributed by atoms with van der Waals surface area (Å²) in [7, 11) is 0. The number of nitrogens with one attached hydrogen (secondary N) is 1. The molecule has 1 saturated heterocycles. The van der Waals surface area contributed by atoms with Crippen LogP contribution in [0.25, 0.3) is 6.08 Å². The summed E-state index contributed by atoms with van der Waals surface area (Å²) in [5, 5.41) is 2.16. The number of rotatable bonds is 4. The lowest BCUT2D eigenvalue weighted by molar-refractivity contribution is -0.127. The number of hydrogen-bond donors (Lipinski definition) is 1. The number of carbonyl (C=O) groups is 3. The van der Waals surface area contributed by atoms with Crippen molar-refractivity contribution >= 4 is 95.0 Å². The van der Waals surface area contributed by atoms with Crippen LogP contribution in [0.3, 0.4) is 0 Å². The zero-order chi connectivity index (χ0) is 18.8. The van der Waals surface area contributed by atoms with Gasteiger partial charge in [-0.25, -0.2) is 0 Å². The van der Waals surface area contributed by atoms with E-state index in [0.717, 1.165) is 25.6 Å². The molecule has 0 unspecified atom stereocenters. The van der Waals surface area contributed by atoms with Gasteiger partial charge in [0.1, 0.15) is 12.3 Å². The Hall–Kier alpha value is -1.11. The fourth-order valence-corrected chi connectivity index (χ4v) is 3.88. The first-order chi connectivity index (χ1) is 12.3. The van der Waals surface area contributed by atoms with Gasteiger partial charge in [-0.2, -0.15) is 0 Å². The van der Waals surface area contributed by atoms with Crippen LogP contribution in [0.2, 0.25) is 0 Å². The van der Waals surface area contributed by atoms with Gasteiger partial charge in [0.05, 0.1) is 9.38 Å². The fraction of sp³-hybridized carbons (Fsp3) is 0.0625. The lowest BCUT2D eigenvalue weighted by atomic mass is 10.3. The molecular weight excluding hydrogens is 603 g/mol. The Morgan fingerprint density at radius 1 is 1.27 bits per heavy atom. The second-order valence-corrected chi connectivity index (χ2v) is 8.84. The van der Waals surface area contributed by atoms with Gasteiger partial charge in [0.15, 0.2) is 3.77 Å². The van der Waals surface area contributed by atoms with Gasteiger partial charge in [-0.1, -0.05) is 15.9 Å². The summed E-state index contributed by atoms with van der Waals surface area (Å²) in [6.07, 6.45) is 1.49. The van der Waals surface area contributed by atoms with E-state index in [9.17, 15) is 14.4 Å². The Morgan fingerprint density at radius 3 is 2.58 bits per heavy atom. The van der Waals surface area contributed by atoms with Crippen LogP contribution >= 0.6 is 66.2 Å². The molecule has 3 amide bonds. The zero-order valence-electron chi connectivity index (χ0n) is 12.8. The van der Waals surface area contributed by atoms with Gasteiger partial charge in [0, 0.05) is 38.8 Å².